The van der Waals surface area contributed by atoms with Crippen LogP contribution in [0.15, 0.2) is 48.5 Å². The van der Waals surface area contributed by atoms with Gasteiger partial charge in [-0.3, -0.25) is 9.59 Å². The minimum Gasteiger partial charge on any atom is -0.477 e. The quantitative estimate of drug-likeness (QED) is 0.910. The van der Waals surface area contributed by atoms with Crippen LogP contribution in [0.25, 0.3) is 0 Å². The van der Waals surface area contributed by atoms with Gasteiger partial charge in [-0.05, 0) is 24.3 Å². The molecule has 0 fully saturated rings. The first-order chi connectivity index (χ1) is 10.6. The number of nitrogens with one attached hydrogen (secondary N) is 2. The number of ether oxygens (including phenoxy) is 1. The lowest BCUT2D eigenvalue weighted by atomic mass is 10.2. The molecule has 0 bridgehead atoms. The monoisotopic (exact) mass is 300 g/mol. The zero-order valence-electron chi connectivity index (χ0n) is 11.5. The Kier molecular flexibility index (Phi) is 3.74. The molecule has 112 valence electrons. The first-order valence-corrected chi connectivity index (χ1v) is 6.74. The van der Waals surface area contributed by atoms with Gasteiger partial charge in [-0.25, -0.2) is 4.39 Å². The molecule has 2 aromatic rings. The Balaban J connectivity index is 1.66. The number of benzene rings is 2. The lowest BCUT2D eigenvalue weighted by Crippen LogP contribution is -2.45. The molecule has 1 atom stereocenters. The Morgan fingerprint density at radius 3 is 2.73 bits per heavy atom. The minimum atomic E-state index is -0.856. The van der Waals surface area contributed by atoms with E-state index in [1.807, 2.05) is 0 Å². The van der Waals surface area contributed by atoms with Gasteiger partial charge in [-0.1, -0.05) is 24.3 Å². The maximum Gasteiger partial charge on any atom is 0.267 e. The number of anilines is 1. The van der Waals surface area contributed by atoms with Crippen LogP contribution in [0.4, 0.5) is 10.1 Å². The highest BCUT2D eigenvalue weighted by Gasteiger charge is 2.27. The minimum absolute atomic E-state index is 0.0483. The van der Waals surface area contributed by atoms with E-state index in [2.05, 4.69) is 10.6 Å². The largest absolute Gasteiger partial charge is 0.477 e. The molecular formula is C16H13FN2O3. The van der Waals surface area contributed by atoms with Crippen molar-refractivity contribution in [3.05, 3.63) is 59.9 Å². The molecule has 2 amide bonds. The first kappa shape index (κ1) is 14.1. The van der Waals surface area contributed by atoms with E-state index in [1.165, 1.54) is 18.2 Å². The second-order valence-corrected chi connectivity index (χ2v) is 4.78. The fourth-order valence-electron chi connectivity index (χ4n) is 2.15. The molecular weight excluding hydrogens is 287 g/mol. The summed E-state index contributed by atoms with van der Waals surface area (Å²) < 4.78 is 19.0. The average molecular weight is 300 g/mol. The van der Waals surface area contributed by atoms with Gasteiger partial charge in [0, 0.05) is 0 Å². The number of fused-ring (bicyclic) bond motifs is 1. The summed E-state index contributed by atoms with van der Waals surface area (Å²) in [7, 11) is 0. The smallest absolute Gasteiger partial charge is 0.267 e. The van der Waals surface area contributed by atoms with Crippen LogP contribution in [0.2, 0.25) is 0 Å². The van der Waals surface area contributed by atoms with E-state index in [0.717, 1.165) is 0 Å². The number of carbonyl (C=O) groups is 2. The van der Waals surface area contributed by atoms with Crippen molar-refractivity contribution in [2.75, 3.05) is 11.9 Å². The van der Waals surface area contributed by atoms with Crippen molar-refractivity contribution in [1.82, 2.24) is 5.32 Å². The summed E-state index contributed by atoms with van der Waals surface area (Å²) in [6.45, 7) is -0.0483. The van der Waals surface area contributed by atoms with Crippen molar-refractivity contribution in [3.8, 4) is 5.75 Å². The molecule has 0 radical (unpaired) electrons. The average Bonchev–Trinajstić information content (AvgIpc) is 2.53. The van der Waals surface area contributed by atoms with Gasteiger partial charge < -0.3 is 15.4 Å². The van der Waals surface area contributed by atoms with Crippen LogP contribution < -0.4 is 15.4 Å². The summed E-state index contributed by atoms with van der Waals surface area (Å²) in [5.41, 5.74) is 0.517. The zero-order chi connectivity index (χ0) is 15.5. The summed E-state index contributed by atoms with van der Waals surface area (Å²) >= 11 is 0. The number of hydrogen-bond donors (Lipinski definition) is 2. The molecule has 2 N–H and O–H groups in total. The van der Waals surface area contributed by atoms with Crippen molar-refractivity contribution >= 4 is 17.5 Å². The Hall–Kier alpha value is -2.89. The molecule has 0 saturated carbocycles. The van der Waals surface area contributed by atoms with E-state index in [0.29, 0.717) is 11.4 Å². The normalized spacial score (nSPS) is 16.2. The van der Waals surface area contributed by atoms with E-state index in [4.69, 9.17) is 4.74 Å². The van der Waals surface area contributed by atoms with Crippen LogP contribution in [-0.4, -0.2) is 24.5 Å². The summed E-state index contributed by atoms with van der Waals surface area (Å²) in [5.74, 6) is -1.02. The molecule has 0 aromatic heterocycles. The van der Waals surface area contributed by atoms with Crippen LogP contribution in [0, 0.1) is 5.82 Å². The lowest BCUT2D eigenvalue weighted by Gasteiger charge is -2.25. The number of carbonyl (C=O) groups excluding carboxylic acids is 2. The van der Waals surface area contributed by atoms with E-state index in [-0.39, 0.29) is 18.0 Å². The fourth-order valence-corrected chi connectivity index (χ4v) is 2.15. The number of para-hydroxylation sites is 2. The topological polar surface area (TPSA) is 67.4 Å². The molecule has 1 heterocycles. The maximum absolute atomic E-state index is 13.5. The van der Waals surface area contributed by atoms with Crippen LogP contribution in [0.1, 0.15) is 10.4 Å². The Labute approximate surface area is 126 Å². The van der Waals surface area contributed by atoms with Crippen molar-refractivity contribution in [3.63, 3.8) is 0 Å². The predicted octanol–water partition coefficient (Wildman–Crippen LogP) is 1.96. The van der Waals surface area contributed by atoms with Gasteiger partial charge in [-0.2, -0.15) is 0 Å². The van der Waals surface area contributed by atoms with Crippen LogP contribution in [-0.2, 0) is 4.79 Å². The Morgan fingerprint density at radius 1 is 1.18 bits per heavy atom. The summed E-state index contributed by atoms with van der Waals surface area (Å²) in [6, 6.07) is 12.7. The number of amides is 2. The molecule has 0 saturated heterocycles. The Morgan fingerprint density at radius 2 is 1.91 bits per heavy atom. The fraction of sp³-hybridized carbons (Fsp3) is 0.125. The van der Waals surface area contributed by atoms with Gasteiger partial charge >= 0.3 is 0 Å². The standard InChI is InChI=1S/C16H13FN2O3/c17-11-6-2-1-5-10(11)15(20)18-9-14-16(21)19-12-7-3-4-8-13(12)22-14/h1-8,14H,9H2,(H,18,20)(H,19,21). The van der Waals surface area contributed by atoms with Crippen LogP contribution in [0.3, 0.4) is 0 Å². The summed E-state index contributed by atoms with van der Waals surface area (Å²) in [5, 5.41) is 5.20. The summed E-state index contributed by atoms with van der Waals surface area (Å²) in [4.78, 5) is 23.8. The van der Waals surface area contributed by atoms with Crippen molar-refractivity contribution in [2.45, 2.75) is 6.10 Å². The van der Waals surface area contributed by atoms with Gasteiger partial charge in [-0.15, -0.1) is 0 Å². The van der Waals surface area contributed by atoms with E-state index in [1.54, 1.807) is 30.3 Å². The number of halogens is 1. The molecule has 2 aromatic carbocycles. The van der Waals surface area contributed by atoms with E-state index >= 15 is 0 Å². The highest BCUT2D eigenvalue weighted by atomic mass is 19.1. The Bertz CT molecular complexity index is 733. The third-order valence-corrected chi connectivity index (χ3v) is 3.27. The third kappa shape index (κ3) is 2.76. The highest BCUT2D eigenvalue weighted by Crippen LogP contribution is 2.28. The van der Waals surface area contributed by atoms with Gasteiger partial charge in [0.2, 0.25) is 0 Å². The molecule has 1 aliphatic rings. The van der Waals surface area contributed by atoms with Gasteiger partial charge in [0.1, 0.15) is 11.6 Å². The molecule has 3 rings (SSSR count). The molecule has 1 aliphatic heterocycles. The lowest BCUT2D eigenvalue weighted by molar-refractivity contribution is -0.123. The van der Waals surface area contributed by atoms with Gasteiger partial charge in [0.15, 0.2) is 6.10 Å². The zero-order valence-corrected chi connectivity index (χ0v) is 11.5. The molecule has 6 heteroatoms. The van der Waals surface area contributed by atoms with Crippen LogP contribution in [0.5, 0.6) is 5.75 Å². The summed E-state index contributed by atoms with van der Waals surface area (Å²) in [6.07, 6.45) is -0.856. The van der Waals surface area contributed by atoms with Gasteiger partial charge in [0.25, 0.3) is 11.8 Å². The molecule has 5 nitrogen and oxygen atoms in total. The molecule has 22 heavy (non-hydrogen) atoms. The predicted molar refractivity (Wildman–Crippen MR) is 78.2 cm³/mol. The van der Waals surface area contributed by atoms with E-state index < -0.39 is 17.8 Å². The number of rotatable bonds is 3. The highest BCUT2D eigenvalue weighted by molar-refractivity contribution is 5.99. The number of hydrogen-bond acceptors (Lipinski definition) is 3. The van der Waals surface area contributed by atoms with Gasteiger partial charge in [0.05, 0.1) is 17.8 Å². The molecule has 0 aliphatic carbocycles. The van der Waals surface area contributed by atoms with Crippen molar-refractivity contribution in [1.29, 1.82) is 0 Å². The molecule has 1 unspecified atom stereocenters. The first-order valence-electron chi connectivity index (χ1n) is 6.74. The molecule has 0 spiro atoms. The second-order valence-electron chi connectivity index (χ2n) is 4.78. The van der Waals surface area contributed by atoms with Crippen LogP contribution >= 0.6 is 0 Å². The van der Waals surface area contributed by atoms with Crippen molar-refractivity contribution in [2.24, 2.45) is 0 Å². The SMILES string of the molecule is O=C(NCC1Oc2ccccc2NC1=O)c1ccccc1F. The third-order valence-electron chi connectivity index (χ3n) is 3.27. The van der Waals surface area contributed by atoms with E-state index in [9.17, 15) is 14.0 Å². The second kappa shape index (κ2) is 5.85. The van der Waals surface area contributed by atoms with Crippen molar-refractivity contribution < 1.29 is 18.7 Å². The maximum atomic E-state index is 13.5.